The van der Waals surface area contributed by atoms with Gasteiger partial charge in [0.25, 0.3) is 0 Å². The van der Waals surface area contributed by atoms with E-state index in [2.05, 4.69) is 20.4 Å². The molecular weight excluding hydrogens is 268 g/mol. The molecule has 0 spiro atoms. The first-order valence-corrected chi connectivity index (χ1v) is 7.08. The number of hydrogen-bond donors (Lipinski definition) is 1. The standard InChI is InChI=1S/C15H22N4O2/c1-8(2)20-13-7-9(3)16-15(18-13)17-10(4)14-11(5)19-21-12(14)6/h7-8,10H,1-6H3,(H,16,17,18). The third-order valence-electron chi connectivity index (χ3n) is 3.05. The summed E-state index contributed by atoms with van der Waals surface area (Å²) in [5.74, 6) is 1.92. The van der Waals surface area contributed by atoms with Crippen LogP contribution in [0, 0.1) is 20.8 Å². The zero-order chi connectivity index (χ0) is 15.6. The van der Waals surface area contributed by atoms with Gasteiger partial charge in [-0.25, -0.2) is 4.98 Å². The number of nitrogens with one attached hydrogen (secondary N) is 1. The van der Waals surface area contributed by atoms with Gasteiger partial charge in [0.1, 0.15) is 5.76 Å². The largest absolute Gasteiger partial charge is 0.475 e. The van der Waals surface area contributed by atoms with Gasteiger partial charge in [0.2, 0.25) is 11.8 Å². The molecule has 2 aromatic rings. The van der Waals surface area contributed by atoms with Gasteiger partial charge in [0, 0.05) is 17.3 Å². The van der Waals surface area contributed by atoms with Gasteiger partial charge in [-0.3, -0.25) is 0 Å². The number of aromatic nitrogens is 3. The predicted octanol–water partition coefficient (Wildman–Crippen LogP) is 3.35. The van der Waals surface area contributed by atoms with Crippen molar-refractivity contribution in [1.82, 2.24) is 15.1 Å². The van der Waals surface area contributed by atoms with Gasteiger partial charge in [0.05, 0.1) is 17.8 Å². The van der Waals surface area contributed by atoms with E-state index in [9.17, 15) is 0 Å². The molecule has 0 saturated heterocycles. The van der Waals surface area contributed by atoms with Gasteiger partial charge in [-0.2, -0.15) is 4.98 Å². The van der Waals surface area contributed by atoms with Gasteiger partial charge in [-0.1, -0.05) is 5.16 Å². The predicted molar refractivity (Wildman–Crippen MR) is 80.5 cm³/mol. The van der Waals surface area contributed by atoms with Crippen molar-refractivity contribution >= 4 is 5.95 Å². The highest BCUT2D eigenvalue weighted by Gasteiger charge is 2.17. The van der Waals surface area contributed by atoms with E-state index in [4.69, 9.17) is 9.26 Å². The van der Waals surface area contributed by atoms with E-state index >= 15 is 0 Å². The van der Waals surface area contributed by atoms with Crippen LogP contribution in [-0.4, -0.2) is 21.2 Å². The molecule has 0 aliphatic heterocycles. The average molecular weight is 290 g/mol. The number of hydrogen-bond acceptors (Lipinski definition) is 6. The number of ether oxygens (including phenoxy) is 1. The Morgan fingerprint density at radius 1 is 1.14 bits per heavy atom. The van der Waals surface area contributed by atoms with E-state index in [1.54, 1.807) is 0 Å². The Balaban J connectivity index is 2.21. The summed E-state index contributed by atoms with van der Waals surface area (Å²) in [6.45, 7) is 11.7. The Hall–Kier alpha value is -2.11. The van der Waals surface area contributed by atoms with Crippen molar-refractivity contribution in [2.24, 2.45) is 0 Å². The summed E-state index contributed by atoms with van der Waals surface area (Å²) in [5, 5.41) is 7.25. The molecule has 0 bridgehead atoms. The number of nitrogens with zero attached hydrogens (tertiary/aromatic N) is 3. The second-order valence-corrected chi connectivity index (χ2v) is 5.44. The first-order valence-electron chi connectivity index (χ1n) is 7.08. The van der Waals surface area contributed by atoms with Crippen molar-refractivity contribution in [3.8, 4) is 5.88 Å². The van der Waals surface area contributed by atoms with Crippen LogP contribution in [0.5, 0.6) is 5.88 Å². The number of anilines is 1. The smallest absolute Gasteiger partial charge is 0.226 e. The monoisotopic (exact) mass is 290 g/mol. The van der Waals surface area contributed by atoms with Crippen LogP contribution in [0.15, 0.2) is 10.6 Å². The van der Waals surface area contributed by atoms with E-state index in [1.165, 1.54) is 0 Å². The fourth-order valence-corrected chi connectivity index (χ4v) is 2.28. The van der Waals surface area contributed by atoms with Crippen molar-refractivity contribution in [3.05, 3.63) is 28.8 Å². The van der Waals surface area contributed by atoms with Crippen LogP contribution in [0.3, 0.4) is 0 Å². The molecule has 0 radical (unpaired) electrons. The lowest BCUT2D eigenvalue weighted by Crippen LogP contribution is -2.13. The molecule has 2 rings (SSSR count). The molecule has 0 amide bonds. The first kappa shape index (κ1) is 15.3. The minimum absolute atomic E-state index is 0.00458. The lowest BCUT2D eigenvalue weighted by Gasteiger charge is -2.15. The molecule has 2 heterocycles. The van der Waals surface area contributed by atoms with Gasteiger partial charge in [-0.15, -0.1) is 0 Å². The van der Waals surface area contributed by atoms with Gasteiger partial charge >= 0.3 is 0 Å². The van der Waals surface area contributed by atoms with Gasteiger partial charge in [-0.05, 0) is 41.5 Å². The summed E-state index contributed by atoms with van der Waals surface area (Å²) >= 11 is 0. The van der Waals surface area contributed by atoms with Gasteiger partial charge < -0.3 is 14.6 Å². The Bertz CT molecular complexity index is 603. The van der Waals surface area contributed by atoms with Crippen LogP contribution in [0.2, 0.25) is 0 Å². The minimum Gasteiger partial charge on any atom is -0.475 e. The van der Waals surface area contributed by atoms with E-state index in [0.29, 0.717) is 11.8 Å². The lowest BCUT2D eigenvalue weighted by molar-refractivity contribution is 0.232. The van der Waals surface area contributed by atoms with Crippen LogP contribution < -0.4 is 10.1 Å². The fraction of sp³-hybridized carbons (Fsp3) is 0.533. The fourth-order valence-electron chi connectivity index (χ4n) is 2.28. The Morgan fingerprint density at radius 2 is 1.86 bits per heavy atom. The molecule has 0 aromatic carbocycles. The zero-order valence-electron chi connectivity index (χ0n) is 13.4. The highest BCUT2D eigenvalue weighted by Crippen LogP contribution is 2.24. The molecule has 6 nitrogen and oxygen atoms in total. The Morgan fingerprint density at radius 3 is 2.43 bits per heavy atom. The summed E-state index contributed by atoms with van der Waals surface area (Å²) < 4.78 is 10.8. The van der Waals surface area contributed by atoms with Crippen molar-refractivity contribution in [1.29, 1.82) is 0 Å². The maximum absolute atomic E-state index is 5.63. The van der Waals surface area contributed by atoms with E-state index in [0.717, 1.165) is 22.7 Å². The molecule has 0 aliphatic rings. The van der Waals surface area contributed by atoms with Crippen molar-refractivity contribution < 1.29 is 9.26 Å². The highest BCUT2D eigenvalue weighted by atomic mass is 16.5. The molecule has 6 heteroatoms. The molecule has 0 saturated carbocycles. The minimum atomic E-state index is 0.00458. The van der Waals surface area contributed by atoms with E-state index < -0.39 is 0 Å². The summed E-state index contributed by atoms with van der Waals surface area (Å²) in [6.07, 6.45) is 0.0761. The second kappa shape index (κ2) is 6.11. The maximum Gasteiger partial charge on any atom is 0.226 e. The maximum atomic E-state index is 5.63. The average Bonchev–Trinajstić information content (AvgIpc) is 2.67. The first-order chi connectivity index (χ1) is 9.86. The van der Waals surface area contributed by atoms with Crippen LogP contribution in [0.1, 0.15) is 49.5 Å². The molecule has 0 fully saturated rings. The Labute approximate surface area is 124 Å². The molecule has 21 heavy (non-hydrogen) atoms. The SMILES string of the molecule is Cc1cc(OC(C)C)nc(NC(C)c2c(C)noc2C)n1. The number of rotatable bonds is 5. The molecule has 2 aromatic heterocycles. The quantitative estimate of drug-likeness (QED) is 0.910. The van der Waals surface area contributed by atoms with Gasteiger partial charge in [0.15, 0.2) is 0 Å². The third-order valence-corrected chi connectivity index (χ3v) is 3.05. The zero-order valence-corrected chi connectivity index (χ0v) is 13.4. The summed E-state index contributed by atoms with van der Waals surface area (Å²) in [7, 11) is 0. The highest BCUT2D eigenvalue weighted by molar-refractivity contribution is 5.36. The second-order valence-electron chi connectivity index (χ2n) is 5.44. The summed E-state index contributed by atoms with van der Waals surface area (Å²) in [4.78, 5) is 8.78. The Kier molecular flexibility index (Phi) is 4.45. The van der Waals surface area contributed by atoms with Crippen molar-refractivity contribution in [2.75, 3.05) is 5.32 Å². The number of aryl methyl sites for hydroxylation is 3. The van der Waals surface area contributed by atoms with Crippen LogP contribution >= 0.6 is 0 Å². The summed E-state index contributed by atoms with van der Waals surface area (Å²) in [5.41, 5.74) is 2.76. The van der Waals surface area contributed by atoms with E-state index in [1.807, 2.05) is 47.6 Å². The third kappa shape index (κ3) is 3.71. The van der Waals surface area contributed by atoms with Crippen molar-refractivity contribution in [2.45, 2.75) is 53.7 Å². The van der Waals surface area contributed by atoms with E-state index in [-0.39, 0.29) is 12.1 Å². The van der Waals surface area contributed by atoms with Crippen LogP contribution in [0.4, 0.5) is 5.95 Å². The van der Waals surface area contributed by atoms with Crippen LogP contribution in [-0.2, 0) is 0 Å². The normalized spacial score (nSPS) is 12.5. The summed E-state index contributed by atoms with van der Waals surface area (Å²) in [6, 6.07) is 1.83. The lowest BCUT2D eigenvalue weighted by atomic mass is 10.1. The van der Waals surface area contributed by atoms with Crippen molar-refractivity contribution in [3.63, 3.8) is 0 Å². The molecule has 1 N–H and O–H groups in total. The molecular formula is C15H22N4O2. The molecule has 114 valence electrons. The molecule has 1 atom stereocenters. The van der Waals surface area contributed by atoms with Crippen LogP contribution in [0.25, 0.3) is 0 Å². The topological polar surface area (TPSA) is 73.1 Å². The molecule has 0 aliphatic carbocycles. The molecule has 1 unspecified atom stereocenters.